The first-order chi connectivity index (χ1) is 9.76. The lowest BCUT2D eigenvalue weighted by Gasteiger charge is -2.37. The van der Waals surface area contributed by atoms with E-state index >= 15 is 0 Å². The van der Waals surface area contributed by atoms with Gasteiger partial charge in [0, 0.05) is 25.2 Å². The predicted molar refractivity (Wildman–Crippen MR) is 83.1 cm³/mol. The minimum absolute atomic E-state index is 0.0538. The Balaban J connectivity index is 1.89. The van der Waals surface area contributed by atoms with Gasteiger partial charge >= 0.3 is 6.03 Å². The second-order valence-corrected chi connectivity index (χ2v) is 8.88. The summed E-state index contributed by atoms with van der Waals surface area (Å²) in [6, 6.07) is -0.348. The molecule has 0 spiro atoms. The smallest absolute Gasteiger partial charge is 0.317 e. The van der Waals surface area contributed by atoms with E-state index in [2.05, 4.69) is 24.3 Å². The van der Waals surface area contributed by atoms with Crippen LogP contribution in [0.5, 0.6) is 0 Å². The zero-order valence-corrected chi connectivity index (χ0v) is 14.1. The van der Waals surface area contributed by atoms with Gasteiger partial charge in [0.1, 0.15) is 0 Å². The molecular weight excluding hydrogens is 290 g/mol. The maximum absolute atomic E-state index is 12.3. The summed E-state index contributed by atoms with van der Waals surface area (Å²) in [5.41, 5.74) is 0.0538. The number of amides is 2. The Morgan fingerprint density at radius 3 is 2.33 bits per heavy atom. The van der Waals surface area contributed by atoms with Crippen molar-refractivity contribution in [3.05, 3.63) is 0 Å². The second-order valence-electron chi connectivity index (χ2n) is 6.65. The van der Waals surface area contributed by atoms with Crippen LogP contribution in [-0.2, 0) is 9.84 Å². The van der Waals surface area contributed by atoms with Gasteiger partial charge in [0.05, 0.1) is 11.5 Å². The molecule has 6 nitrogen and oxygen atoms in total. The molecular formula is C14H27N3O3S. The van der Waals surface area contributed by atoms with Crippen molar-refractivity contribution in [2.45, 2.75) is 43.7 Å². The standard InChI is InChI=1S/C14H27N3O3S/c1-16(2)14(7-4-5-8-14)11-15-13(18)17(3)12-6-9-21(19,20)10-12/h12H,4-11H2,1-3H3,(H,15,18). The summed E-state index contributed by atoms with van der Waals surface area (Å²) in [5.74, 6) is 0.284. The molecule has 1 saturated carbocycles. The Bertz CT molecular complexity index is 484. The molecule has 1 aliphatic carbocycles. The summed E-state index contributed by atoms with van der Waals surface area (Å²) in [5, 5.41) is 3.00. The number of hydrogen-bond donors (Lipinski definition) is 1. The minimum Gasteiger partial charge on any atom is -0.336 e. The van der Waals surface area contributed by atoms with Crippen LogP contribution in [0.25, 0.3) is 0 Å². The van der Waals surface area contributed by atoms with Crippen molar-refractivity contribution in [1.29, 1.82) is 0 Å². The van der Waals surface area contributed by atoms with Crippen molar-refractivity contribution < 1.29 is 13.2 Å². The van der Waals surface area contributed by atoms with E-state index in [1.165, 1.54) is 12.8 Å². The zero-order chi connectivity index (χ0) is 15.7. The molecule has 2 rings (SSSR count). The summed E-state index contributed by atoms with van der Waals surface area (Å²) in [6.45, 7) is 0.628. The largest absolute Gasteiger partial charge is 0.336 e. The molecule has 0 aromatic rings. The van der Waals surface area contributed by atoms with Crippen molar-refractivity contribution in [2.24, 2.45) is 0 Å². The number of likely N-dealkylation sites (N-methyl/N-ethyl adjacent to an activating group) is 1. The van der Waals surface area contributed by atoms with Crippen molar-refractivity contribution in [2.75, 3.05) is 39.2 Å². The third-order valence-corrected chi connectivity index (χ3v) is 6.88. The lowest BCUT2D eigenvalue weighted by molar-refractivity contribution is 0.145. The summed E-state index contributed by atoms with van der Waals surface area (Å²) in [4.78, 5) is 16.0. The fourth-order valence-electron chi connectivity index (χ4n) is 3.43. The van der Waals surface area contributed by atoms with E-state index in [0.29, 0.717) is 13.0 Å². The number of nitrogens with one attached hydrogen (secondary N) is 1. The Labute approximate surface area is 127 Å². The maximum atomic E-state index is 12.3. The molecule has 2 aliphatic rings. The van der Waals surface area contributed by atoms with Crippen LogP contribution < -0.4 is 5.32 Å². The van der Waals surface area contributed by atoms with Gasteiger partial charge in [-0.25, -0.2) is 13.2 Å². The molecule has 1 saturated heterocycles. The van der Waals surface area contributed by atoms with E-state index in [1.54, 1.807) is 11.9 Å². The maximum Gasteiger partial charge on any atom is 0.317 e. The average Bonchev–Trinajstić information content (AvgIpc) is 3.02. The molecule has 2 amide bonds. The van der Waals surface area contributed by atoms with E-state index in [4.69, 9.17) is 0 Å². The van der Waals surface area contributed by atoms with Crippen LogP contribution in [0.3, 0.4) is 0 Å². The molecule has 122 valence electrons. The van der Waals surface area contributed by atoms with Gasteiger partial charge in [-0.15, -0.1) is 0 Å². The van der Waals surface area contributed by atoms with Crippen LogP contribution in [0.4, 0.5) is 4.79 Å². The number of carbonyl (C=O) groups excluding carboxylic acids is 1. The van der Waals surface area contributed by atoms with Gasteiger partial charge in [0.2, 0.25) is 0 Å². The number of carbonyl (C=O) groups is 1. The van der Waals surface area contributed by atoms with Gasteiger partial charge in [-0.2, -0.15) is 0 Å². The second kappa shape index (κ2) is 6.12. The number of hydrogen-bond acceptors (Lipinski definition) is 4. The summed E-state index contributed by atoms with van der Waals surface area (Å²) < 4.78 is 23.0. The summed E-state index contributed by atoms with van der Waals surface area (Å²) >= 11 is 0. The molecule has 1 heterocycles. The summed E-state index contributed by atoms with van der Waals surface area (Å²) in [6.07, 6.45) is 5.14. The molecule has 7 heteroatoms. The van der Waals surface area contributed by atoms with E-state index in [9.17, 15) is 13.2 Å². The van der Waals surface area contributed by atoms with Crippen molar-refractivity contribution in [3.63, 3.8) is 0 Å². The van der Waals surface area contributed by atoms with E-state index in [-0.39, 0.29) is 29.1 Å². The molecule has 0 aromatic carbocycles. The predicted octanol–water partition coefficient (Wildman–Crippen LogP) is 0.689. The van der Waals surface area contributed by atoms with Gasteiger partial charge < -0.3 is 15.1 Å². The Kier molecular flexibility index (Phi) is 4.82. The van der Waals surface area contributed by atoms with E-state index in [0.717, 1.165) is 12.8 Å². The topological polar surface area (TPSA) is 69.7 Å². The van der Waals surface area contributed by atoms with Crippen LogP contribution >= 0.6 is 0 Å². The van der Waals surface area contributed by atoms with Crippen LogP contribution in [0.2, 0.25) is 0 Å². The zero-order valence-electron chi connectivity index (χ0n) is 13.3. The fraction of sp³-hybridized carbons (Fsp3) is 0.929. The van der Waals surface area contributed by atoms with Gasteiger partial charge in [-0.1, -0.05) is 12.8 Å². The van der Waals surface area contributed by atoms with Crippen LogP contribution in [0.15, 0.2) is 0 Å². The number of urea groups is 1. The molecule has 2 fully saturated rings. The van der Waals surface area contributed by atoms with Crippen LogP contribution in [0, 0.1) is 0 Å². The highest BCUT2D eigenvalue weighted by Gasteiger charge is 2.37. The normalized spacial score (nSPS) is 27.0. The first-order valence-corrected chi connectivity index (χ1v) is 9.46. The van der Waals surface area contributed by atoms with Crippen molar-refractivity contribution in [1.82, 2.24) is 15.1 Å². The lowest BCUT2D eigenvalue weighted by Crippen LogP contribution is -2.54. The fourth-order valence-corrected chi connectivity index (χ4v) is 5.20. The quantitative estimate of drug-likeness (QED) is 0.828. The monoisotopic (exact) mass is 317 g/mol. The lowest BCUT2D eigenvalue weighted by atomic mass is 9.96. The highest BCUT2D eigenvalue weighted by Crippen LogP contribution is 2.33. The minimum atomic E-state index is -2.96. The molecule has 0 bridgehead atoms. The SMILES string of the molecule is CN(C(=O)NCC1(N(C)C)CCCC1)C1CCS(=O)(=O)C1. The molecule has 1 aliphatic heterocycles. The highest BCUT2D eigenvalue weighted by molar-refractivity contribution is 7.91. The summed E-state index contributed by atoms with van der Waals surface area (Å²) in [7, 11) is 2.85. The molecule has 0 aromatic heterocycles. The Hall–Kier alpha value is -0.820. The molecule has 1 N–H and O–H groups in total. The first-order valence-electron chi connectivity index (χ1n) is 7.64. The molecule has 1 atom stereocenters. The van der Waals surface area contributed by atoms with E-state index < -0.39 is 9.84 Å². The van der Waals surface area contributed by atoms with Crippen molar-refractivity contribution >= 4 is 15.9 Å². The van der Waals surface area contributed by atoms with Crippen molar-refractivity contribution in [3.8, 4) is 0 Å². The van der Waals surface area contributed by atoms with Crippen LogP contribution in [-0.4, -0.2) is 75.0 Å². The molecule has 1 unspecified atom stereocenters. The van der Waals surface area contributed by atoms with Gasteiger partial charge in [-0.05, 0) is 33.4 Å². The number of nitrogens with zero attached hydrogens (tertiary/aromatic N) is 2. The average molecular weight is 317 g/mol. The molecule has 0 radical (unpaired) electrons. The van der Waals surface area contributed by atoms with Crippen LogP contribution in [0.1, 0.15) is 32.1 Å². The van der Waals surface area contributed by atoms with Gasteiger partial charge in [0.15, 0.2) is 9.84 Å². The van der Waals surface area contributed by atoms with Gasteiger partial charge in [-0.3, -0.25) is 0 Å². The third kappa shape index (κ3) is 3.69. The Morgan fingerprint density at radius 2 is 1.86 bits per heavy atom. The first kappa shape index (κ1) is 16.5. The van der Waals surface area contributed by atoms with E-state index in [1.807, 2.05) is 0 Å². The molecule has 21 heavy (non-hydrogen) atoms. The Morgan fingerprint density at radius 1 is 1.24 bits per heavy atom. The highest BCUT2D eigenvalue weighted by atomic mass is 32.2. The van der Waals surface area contributed by atoms with Gasteiger partial charge in [0.25, 0.3) is 0 Å². The number of sulfone groups is 1. The number of rotatable bonds is 4. The third-order valence-electron chi connectivity index (χ3n) is 5.13.